The number of nitrogen functional groups attached to an aromatic ring is 1. The van der Waals surface area contributed by atoms with Gasteiger partial charge in [-0.3, -0.25) is 4.79 Å². The molecule has 0 saturated heterocycles. The highest BCUT2D eigenvalue weighted by atomic mass is 19.3. The second-order valence-electron chi connectivity index (χ2n) is 3.63. The van der Waals surface area contributed by atoms with Crippen LogP contribution in [0.5, 0.6) is 5.75 Å². The molecule has 0 fully saturated rings. The molecule has 0 bridgehead atoms. The van der Waals surface area contributed by atoms with E-state index < -0.39 is 12.6 Å². The van der Waals surface area contributed by atoms with E-state index in [1.807, 2.05) is 0 Å². The number of alkyl halides is 2. The fourth-order valence-corrected chi connectivity index (χ4v) is 1.54. The molecule has 0 aromatic heterocycles. The molecule has 0 saturated carbocycles. The number of hydrogen-bond donors (Lipinski definition) is 1. The Bertz CT molecular complexity index is 436. The van der Waals surface area contributed by atoms with E-state index in [0.717, 1.165) is 5.56 Å². The molecule has 1 rings (SSSR count). The number of nitrogens with two attached hydrogens (primary N) is 1. The lowest BCUT2D eigenvalue weighted by molar-refractivity contribution is -0.142. The maximum absolute atomic E-state index is 12.1. The number of rotatable bonds is 5. The van der Waals surface area contributed by atoms with Crippen LogP contribution in [0.4, 0.5) is 14.5 Å². The minimum atomic E-state index is -2.95. The van der Waals surface area contributed by atoms with Gasteiger partial charge in [-0.25, -0.2) is 0 Å². The van der Waals surface area contributed by atoms with Crippen LogP contribution in [0.25, 0.3) is 0 Å². The highest BCUT2D eigenvalue weighted by Gasteiger charge is 2.16. The number of esters is 1. The molecule has 0 atom stereocenters. The summed E-state index contributed by atoms with van der Waals surface area (Å²) in [6.07, 6.45) is -0.0635. The van der Waals surface area contributed by atoms with E-state index >= 15 is 0 Å². The molecule has 0 unspecified atom stereocenters. The summed E-state index contributed by atoms with van der Waals surface area (Å²) >= 11 is 0. The van der Waals surface area contributed by atoms with Crippen molar-refractivity contribution in [3.05, 3.63) is 23.3 Å². The van der Waals surface area contributed by atoms with Crippen molar-refractivity contribution >= 4 is 11.7 Å². The molecule has 1 aromatic carbocycles. The van der Waals surface area contributed by atoms with E-state index in [-0.39, 0.29) is 24.5 Å². The summed E-state index contributed by atoms with van der Waals surface area (Å²) < 4.78 is 33.4. The summed E-state index contributed by atoms with van der Waals surface area (Å²) in [5.74, 6) is -0.587. The van der Waals surface area contributed by atoms with Gasteiger partial charge in [0.1, 0.15) is 5.75 Å². The van der Waals surface area contributed by atoms with Crippen molar-refractivity contribution in [2.75, 3.05) is 12.3 Å². The van der Waals surface area contributed by atoms with Crippen LogP contribution in [0, 0.1) is 6.92 Å². The maximum atomic E-state index is 12.1. The highest BCUT2D eigenvalue weighted by Crippen LogP contribution is 2.29. The number of hydrogen-bond acceptors (Lipinski definition) is 4. The van der Waals surface area contributed by atoms with Crippen molar-refractivity contribution in [2.45, 2.75) is 26.9 Å². The topological polar surface area (TPSA) is 61.5 Å². The van der Waals surface area contributed by atoms with Gasteiger partial charge in [0.2, 0.25) is 0 Å². The van der Waals surface area contributed by atoms with Crippen molar-refractivity contribution in [3.63, 3.8) is 0 Å². The normalized spacial score (nSPS) is 10.5. The van der Waals surface area contributed by atoms with Crippen LogP contribution in [0.3, 0.4) is 0 Å². The quantitative estimate of drug-likeness (QED) is 0.651. The fourth-order valence-electron chi connectivity index (χ4n) is 1.54. The maximum Gasteiger partial charge on any atom is 0.387 e. The van der Waals surface area contributed by atoms with Crippen LogP contribution in [0.2, 0.25) is 0 Å². The van der Waals surface area contributed by atoms with Crippen molar-refractivity contribution in [1.29, 1.82) is 0 Å². The standard InChI is InChI=1S/C12H15F2NO3/c1-3-17-10(16)6-8-7(2)4-5-9(11(8)15)18-12(13)14/h4-5,12H,3,6,15H2,1-2H3. The van der Waals surface area contributed by atoms with Gasteiger partial charge in [0, 0.05) is 0 Å². The Hall–Kier alpha value is -1.85. The van der Waals surface area contributed by atoms with E-state index in [4.69, 9.17) is 10.5 Å². The first-order valence-corrected chi connectivity index (χ1v) is 5.44. The van der Waals surface area contributed by atoms with Crippen LogP contribution in [-0.2, 0) is 16.0 Å². The molecule has 0 radical (unpaired) electrons. The summed E-state index contributed by atoms with van der Waals surface area (Å²) in [6, 6.07) is 2.92. The Kier molecular flexibility index (Phi) is 4.88. The third kappa shape index (κ3) is 3.58. The van der Waals surface area contributed by atoms with Gasteiger partial charge in [-0.2, -0.15) is 8.78 Å². The summed E-state index contributed by atoms with van der Waals surface area (Å²) in [5.41, 5.74) is 6.93. The lowest BCUT2D eigenvalue weighted by Gasteiger charge is -2.13. The summed E-state index contributed by atoms with van der Waals surface area (Å²) in [5, 5.41) is 0. The Balaban J connectivity index is 2.99. The Labute approximate surface area is 104 Å². The van der Waals surface area contributed by atoms with Crippen LogP contribution in [-0.4, -0.2) is 19.2 Å². The second-order valence-corrected chi connectivity index (χ2v) is 3.63. The van der Waals surface area contributed by atoms with Gasteiger partial charge in [-0.05, 0) is 31.0 Å². The van der Waals surface area contributed by atoms with Crippen LogP contribution >= 0.6 is 0 Å². The largest absolute Gasteiger partial charge is 0.466 e. The van der Waals surface area contributed by atoms with Crippen LogP contribution < -0.4 is 10.5 Å². The van der Waals surface area contributed by atoms with Crippen molar-refractivity contribution < 1.29 is 23.0 Å². The third-order valence-electron chi connectivity index (χ3n) is 2.39. The van der Waals surface area contributed by atoms with Crippen molar-refractivity contribution in [3.8, 4) is 5.75 Å². The summed E-state index contributed by atoms with van der Waals surface area (Å²) in [4.78, 5) is 11.4. The molecule has 0 aliphatic rings. The average Bonchev–Trinajstić information content (AvgIpc) is 2.28. The lowest BCUT2D eigenvalue weighted by atomic mass is 10.0. The fraction of sp³-hybridized carbons (Fsp3) is 0.417. The van der Waals surface area contributed by atoms with E-state index in [1.165, 1.54) is 6.07 Å². The molecule has 2 N–H and O–H groups in total. The zero-order valence-electron chi connectivity index (χ0n) is 10.2. The molecule has 0 heterocycles. The molecular weight excluding hydrogens is 244 g/mol. The van der Waals surface area contributed by atoms with Crippen molar-refractivity contribution in [1.82, 2.24) is 0 Å². The SMILES string of the molecule is CCOC(=O)Cc1c(C)ccc(OC(F)F)c1N. The molecule has 4 nitrogen and oxygen atoms in total. The van der Waals surface area contributed by atoms with E-state index in [2.05, 4.69) is 4.74 Å². The predicted octanol–water partition coefficient (Wildman–Crippen LogP) is 2.28. The van der Waals surface area contributed by atoms with Gasteiger partial charge >= 0.3 is 12.6 Å². The smallest absolute Gasteiger partial charge is 0.387 e. The van der Waals surface area contributed by atoms with Gasteiger partial charge in [-0.1, -0.05) is 6.07 Å². The zero-order valence-corrected chi connectivity index (χ0v) is 10.2. The van der Waals surface area contributed by atoms with Gasteiger partial charge < -0.3 is 15.2 Å². The van der Waals surface area contributed by atoms with Gasteiger partial charge in [0.15, 0.2) is 0 Å². The van der Waals surface area contributed by atoms with E-state index in [0.29, 0.717) is 5.56 Å². The number of halogens is 2. The van der Waals surface area contributed by atoms with Crippen LogP contribution in [0.15, 0.2) is 12.1 Å². The predicted molar refractivity (Wildman–Crippen MR) is 62.6 cm³/mol. The summed E-state index contributed by atoms with van der Waals surface area (Å²) in [6.45, 7) is 0.720. The first kappa shape index (κ1) is 14.2. The lowest BCUT2D eigenvalue weighted by Crippen LogP contribution is -2.12. The monoisotopic (exact) mass is 259 g/mol. The highest BCUT2D eigenvalue weighted by molar-refractivity contribution is 5.77. The minimum absolute atomic E-state index is 0.0448. The Morgan fingerprint density at radius 2 is 2.11 bits per heavy atom. The van der Waals surface area contributed by atoms with Gasteiger partial charge in [0.25, 0.3) is 0 Å². The zero-order chi connectivity index (χ0) is 13.7. The first-order chi connectivity index (χ1) is 8.45. The molecule has 0 aliphatic carbocycles. The summed E-state index contributed by atoms with van der Waals surface area (Å²) in [7, 11) is 0. The Morgan fingerprint density at radius 3 is 2.67 bits per heavy atom. The number of anilines is 1. The first-order valence-electron chi connectivity index (χ1n) is 5.44. The van der Waals surface area contributed by atoms with E-state index in [9.17, 15) is 13.6 Å². The molecule has 1 aromatic rings. The van der Waals surface area contributed by atoms with Gasteiger partial charge in [0.05, 0.1) is 18.7 Å². The van der Waals surface area contributed by atoms with Crippen LogP contribution in [0.1, 0.15) is 18.1 Å². The Morgan fingerprint density at radius 1 is 1.44 bits per heavy atom. The molecule has 6 heteroatoms. The number of benzene rings is 1. The molecule has 0 aliphatic heterocycles. The molecule has 100 valence electrons. The third-order valence-corrected chi connectivity index (χ3v) is 2.39. The molecule has 0 amide bonds. The molecule has 0 spiro atoms. The number of aryl methyl sites for hydroxylation is 1. The van der Waals surface area contributed by atoms with Gasteiger partial charge in [-0.15, -0.1) is 0 Å². The van der Waals surface area contributed by atoms with E-state index in [1.54, 1.807) is 19.9 Å². The average molecular weight is 259 g/mol. The van der Waals surface area contributed by atoms with Crippen molar-refractivity contribution in [2.24, 2.45) is 0 Å². The minimum Gasteiger partial charge on any atom is -0.466 e. The molecular formula is C12H15F2NO3. The number of carbonyl (C=O) groups excluding carboxylic acids is 1. The molecule has 18 heavy (non-hydrogen) atoms. The second kappa shape index (κ2) is 6.18. The number of carbonyl (C=O) groups is 1. The number of ether oxygens (including phenoxy) is 2.